The number of ether oxygens (including phenoxy) is 1. The van der Waals surface area contributed by atoms with Crippen LogP contribution in [0, 0.1) is 17.8 Å². The Labute approximate surface area is 373 Å². The molecular formula is C60H45N3O. The van der Waals surface area contributed by atoms with Gasteiger partial charge in [0.1, 0.15) is 11.5 Å². The van der Waals surface area contributed by atoms with Crippen LogP contribution in [0.25, 0.3) is 67.2 Å². The summed E-state index contributed by atoms with van der Waals surface area (Å²) in [6.45, 7) is 0. The summed E-state index contributed by atoms with van der Waals surface area (Å²) < 4.78 is 6.59. The highest BCUT2D eigenvalue weighted by molar-refractivity contribution is 5.96. The molecule has 4 saturated carbocycles. The quantitative estimate of drug-likeness (QED) is 0.173. The third kappa shape index (κ3) is 5.32. The molecule has 0 unspecified atom stereocenters. The molecule has 0 saturated heterocycles. The Hall–Kier alpha value is -7.17. The number of fused-ring (bicyclic) bond motifs is 10. The van der Waals surface area contributed by atoms with Crippen molar-refractivity contribution in [3.63, 3.8) is 0 Å². The summed E-state index contributed by atoms with van der Waals surface area (Å²) in [5.41, 5.74) is 14.1. The van der Waals surface area contributed by atoms with Gasteiger partial charge in [-0.3, -0.25) is 0 Å². The maximum atomic E-state index is 6.59. The lowest BCUT2D eigenvalue weighted by atomic mass is 9.48. The van der Waals surface area contributed by atoms with Gasteiger partial charge in [-0.05, 0) is 130 Å². The molecule has 2 heterocycles. The largest absolute Gasteiger partial charge is 0.457 e. The van der Waals surface area contributed by atoms with Gasteiger partial charge >= 0.3 is 0 Å². The van der Waals surface area contributed by atoms with Crippen LogP contribution < -0.4 is 4.74 Å². The maximum Gasteiger partial charge on any atom is 0.164 e. The van der Waals surface area contributed by atoms with Crippen molar-refractivity contribution in [2.45, 2.75) is 49.4 Å². The van der Waals surface area contributed by atoms with E-state index in [1.807, 2.05) is 0 Å². The molecule has 8 aromatic carbocycles. The van der Waals surface area contributed by atoms with E-state index in [1.165, 1.54) is 93.8 Å². The highest BCUT2D eigenvalue weighted by Crippen LogP contribution is 2.64. The van der Waals surface area contributed by atoms with E-state index in [1.54, 1.807) is 0 Å². The normalized spacial score (nSPS) is 21.5. The summed E-state index contributed by atoms with van der Waals surface area (Å²) in [6.07, 6.45) is 8.41. The topological polar surface area (TPSA) is 47.9 Å². The van der Waals surface area contributed by atoms with E-state index in [9.17, 15) is 0 Å². The van der Waals surface area contributed by atoms with E-state index in [0.717, 1.165) is 51.5 Å². The van der Waals surface area contributed by atoms with Gasteiger partial charge < -0.3 is 4.74 Å². The predicted octanol–water partition coefficient (Wildman–Crippen LogP) is 14.6. The van der Waals surface area contributed by atoms with E-state index >= 15 is 0 Å². The Kier molecular flexibility index (Phi) is 7.76. The summed E-state index contributed by atoms with van der Waals surface area (Å²) in [6, 6.07) is 66.0. The number of para-hydroxylation sites is 2. The molecule has 4 fully saturated rings. The molecule has 1 spiro atoms. The van der Waals surface area contributed by atoms with Gasteiger partial charge in [-0.1, -0.05) is 164 Å². The van der Waals surface area contributed by atoms with Crippen LogP contribution in [-0.4, -0.2) is 15.0 Å². The van der Waals surface area contributed by atoms with Crippen LogP contribution in [0.5, 0.6) is 11.5 Å². The van der Waals surface area contributed by atoms with Crippen molar-refractivity contribution in [1.29, 1.82) is 0 Å². The van der Waals surface area contributed by atoms with Gasteiger partial charge in [0, 0.05) is 27.8 Å². The minimum atomic E-state index is -0.513. The minimum Gasteiger partial charge on any atom is -0.457 e. The zero-order chi connectivity index (χ0) is 42.0. The zero-order valence-electron chi connectivity index (χ0n) is 35.5. The summed E-state index contributed by atoms with van der Waals surface area (Å²) in [7, 11) is 0. The molecule has 64 heavy (non-hydrogen) atoms. The first-order valence-electron chi connectivity index (χ1n) is 23.2. The number of hydrogen-bond acceptors (Lipinski definition) is 4. The Morgan fingerprint density at radius 2 is 0.875 bits per heavy atom. The molecular weight excluding hydrogens is 779 g/mol. The maximum absolute atomic E-state index is 6.59. The lowest BCUT2D eigenvalue weighted by Crippen LogP contribution is -2.48. The van der Waals surface area contributed by atoms with Gasteiger partial charge in [0.15, 0.2) is 17.5 Å². The molecule has 1 aliphatic heterocycles. The van der Waals surface area contributed by atoms with Gasteiger partial charge in [0.05, 0.1) is 5.41 Å². The average Bonchev–Trinajstić information content (AvgIpc) is 3.64. The standard InChI is InChI=1S/C60H45N3O/c1-2-11-44-33-45(25-20-40(44)10-1)58-62-56(61-57(63-58)43-26-28-46(29-27-43)59-34-37-30-38(35-59)32-39(31-37)36-59)42-23-21-41(22-24-42)47-13-9-17-52-55(47)48-12-3-4-14-49(48)60(52)50-15-5-7-18-53(50)64-54-19-8-6-16-51(54)60/h1-29,33,37-39H,30-32,34-36H2/t37-,38-,39?,59?/m1/s1. The Bertz CT molecular complexity index is 3270. The fraction of sp³-hybridized carbons (Fsp3) is 0.183. The second kappa shape index (κ2) is 13.7. The fourth-order valence-corrected chi connectivity index (χ4v) is 13.5. The molecule has 6 aliphatic rings. The second-order valence-electron chi connectivity index (χ2n) is 19.3. The van der Waals surface area contributed by atoms with Crippen LogP contribution in [-0.2, 0) is 10.8 Å². The lowest BCUT2D eigenvalue weighted by molar-refractivity contribution is -0.00518. The molecule has 0 N–H and O–H groups in total. The fourth-order valence-electron chi connectivity index (χ4n) is 13.5. The van der Waals surface area contributed by atoms with E-state index in [4.69, 9.17) is 19.7 Å². The van der Waals surface area contributed by atoms with Crippen LogP contribution in [0.3, 0.4) is 0 Å². The van der Waals surface area contributed by atoms with Crippen molar-refractivity contribution < 1.29 is 4.74 Å². The summed E-state index contributed by atoms with van der Waals surface area (Å²) in [4.78, 5) is 15.6. The summed E-state index contributed by atoms with van der Waals surface area (Å²) in [5, 5.41) is 2.36. The van der Waals surface area contributed by atoms with Crippen LogP contribution in [0.4, 0.5) is 0 Å². The molecule has 15 rings (SSSR count). The Morgan fingerprint density at radius 1 is 0.391 bits per heavy atom. The van der Waals surface area contributed by atoms with E-state index in [0.29, 0.717) is 22.9 Å². The first kappa shape index (κ1) is 36.3. The van der Waals surface area contributed by atoms with Gasteiger partial charge in [-0.2, -0.15) is 0 Å². The van der Waals surface area contributed by atoms with Crippen molar-refractivity contribution >= 4 is 10.8 Å². The Balaban J connectivity index is 0.880. The molecule has 9 aromatic rings. The number of nitrogens with zero attached hydrogens (tertiary/aromatic N) is 3. The molecule has 5 aliphatic carbocycles. The van der Waals surface area contributed by atoms with Gasteiger partial charge in [-0.25, -0.2) is 15.0 Å². The SMILES string of the molecule is c1ccc2c(c1)Oc1ccccc1C21c2ccccc2-c2c(-c3ccc(-c4nc(-c5ccc(C67CC8C[C@H](C6)C[C@H](C8)C7)cc5)nc(-c5ccc6ccccc6c5)n4)cc3)cccc21. The first-order valence-corrected chi connectivity index (χ1v) is 23.2. The molecule has 4 heteroatoms. The van der Waals surface area contributed by atoms with Crippen LogP contribution in [0.15, 0.2) is 182 Å². The van der Waals surface area contributed by atoms with Crippen molar-refractivity contribution in [3.05, 3.63) is 210 Å². The molecule has 0 atom stereocenters. The van der Waals surface area contributed by atoms with E-state index in [2.05, 4.69) is 182 Å². The van der Waals surface area contributed by atoms with Gasteiger partial charge in [0.2, 0.25) is 0 Å². The molecule has 0 amide bonds. The predicted molar refractivity (Wildman–Crippen MR) is 256 cm³/mol. The van der Waals surface area contributed by atoms with Crippen LogP contribution in [0.1, 0.15) is 66.3 Å². The molecule has 4 nitrogen and oxygen atoms in total. The zero-order valence-corrected chi connectivity index (χ0v) is 35.5. The Morgan fingerprint density at radius 3 is 1.53 bits per heavy atom. The summed E-state index contributed by atoms with van der Waals surface area (Å²) >= 11 is 0. The van der Waals surface area contributed by atoms with E-state index in [-0.39, 0.29) is 0 Å². The van der Waals surface area contributed by atoms with Crippen LogP contribution in [0.2, 0.25) is 0 Å². The number of hydrogen-bond donors (Lipinski definition) is 0. The number of aromatic nitrogens is 3. The van der Waals surface area contributed by atoms with Crippen molar-refractivity contribution in [2.75, 3.05) is 0 Å². The number of benzene rings is 8. The first-order chi connectivity index (χ1) is 31.6. The number of rotatable bonds is 5. The van der Waals surface area contributed by atoms with Crippen molar-refractivity contribution in [1.82, 2.24) is 15.0 Å². The highest BCUT2D eigenvalue weighted by atomic mass is 16.5. The van der Waals surface area contributed by atoms with Gasteiger partial charge in [-0.15, -0.1) is 0 Å². The highest BCUT2D eigenvalue weighted by Gasteiger charge is 2.53. The average molecular weight is 824 g/mol. The molecule has 0 radical (unpaired) electrons. The molecule has 4 bridgehead atoms. The third-order valence-corrected chi connectivity index (χ3v) is 15.8. The molecule has 1 aromatic heterocycles. The van der Waals surface area contributed by atoms with Crippen molar-refractivity contribution in [3.8, 4) is 67.9 Å². The minimum absolute atomic E-state index is 0.344. The monoisotopic (exact) mass is 823 g/mol. The lowest BCUT2D eigenvalue weighted by Gasteiger charge is -2.57. The summed E-state index contributed by atoms with van der Waals surface area (Å²) in [5.74, 6) is 6.58. The van der Waals surface area contributed by atoms with Crippen molar-refractivity contribution in [2.24, 2.45) is 17.8 Å². The second-order valence-corrected chi connectivity index (χ2v) is 19.3. The third-order valence-electron chi connectivity index (χ3n) is 15.8. The van der Waals surface area contributed by atoms with Gasteiger partial charge in [0.25, 0.3) is 0 Å². The smallest absolute Gasteiger partial charge is 0.164 e. The van der Waals surface area contributed by atoms with E-state index < -0.39 is 5.41 Å². The molecule has 306 valence electrons. The van der Waals surface area contributed by atoms with Crippen LogP contribution >= 0.6 is 0 Å².